The molecule has 1 atom stereocenters. The molecule has 0 fully saturated rings. The van der Waals surface area contributed by atoms with Crippen molar-refractivity contribution in [1.82, 2.24) is 19.7 Å². The molecular weight excluding hydrogens is 667 g/mol. The van der Waals surface area contributed by atoms with Gasteiger partial charge in [0.25, 0.3) is 0 Å². The molecule has 250 valence electrons. The number of esters is 1. The Bertz CT molecular complexity index is 2250. The predicted octanol–water partition coefficient (Wildman–Crippen LogP) is 9.19. The van der Waals surface area contributed by atoms with E-state index in [1.54, 1.807) is 13.0 Å². The molecule has 0 saturated carbocycles. The van der Waals surface area contributed by atoms with Crippen molar-refractivity contribution >= 4 is 50.9 Å². The summed E-state index contributed by atoms with van der Waals surface area (Å²) in [6.45, 7) is 4.47. The lowest BCUT2D eigenvalue weighted by molar-refractivity contribution is -0.115. The second-order valence-corrected chi connectivity index (χ2v) is 13.3. The first-order valence-corrected chi connectivity index (χ1v) is 17.9. The summed E-state index contributed by atoms with van der Waals surface area (Å²) in [5, 5.41) is 13.6. The van der Waals surface area contributed by atoms with Crippen LogP contribution in [0.1, 0.15) is 35.0 Å². The van der Waals surface area contributed by atoms with Crippen molar-refractivity contribution in [3.05, 3.63) is 133 Å². The van der Waals surface area contributed by atoms with Crippen molar-refractivity contribution in [3.63, 3.8) is 0 Å². The number of ether oxygens (including phenoxy) is 2. The van der Waals surface area contributed by atoms with Gasteiger partial charge in [0.05, 0.1) is 24.5 Å². The third kappa shape index (κ3) is 6.78. The Hall–Kier alpha value is -5.65. The highest BCUT2D eigenvalue weighted by molar-refractivity contribution is 8.00. The van der Waals surface area contributed by atoms with Crippen molar-refractivity contribution in [2.75, 3.05) is 18.5 Å². The van der Waals surface area contributed by atoms with Crippen LogP contribution in [0.5, 0.6) is 5.75 Å². The van der Waals surface area contributed by atoms with Crippen molar-refractivity contribution < 1.29 is 19.1 Å². The average molecular weight is 700 g/mol. The zero-order valence-corrected chi connectivity index (χ0v) is 29.0. The van der Waals surface area contributed by atoms with Crippen molar-refractivity contribution in [2.24, 2.45) is 0 Å². The lowest BCUT2D eigenvalue weighted by atomic mass is 10.1. The molecule has 0 aliphatic carbocycles. The lowest BCUT2D eigenvalue weighted by Gasteiger charge is -2.18. The first-order chi connectivity index (χ1) is 24.5. The number of thiophene rings is 1. The van der Waals surface area contributed by atoms with Gasteiger partial charge in [0.2, 0.25) is 5.91 Å². The molecule has 0 spiro atoms. The van der Waals surface area contributed by atoms with E-state index in [0.29, 0.717) is 28.2 Å². The van der Waals surface area contributed by atoms with E-state index >= 15 is 0 Å². The smallest absolute Gasteiger partial charge is 0.341 e. The number of nitrogens with zero attached hydrogens (tertiary/aromatic N) is 3. The van der Waals surface area contributed by atoms with E-state index < -0.39 is 11.2 Å². The number of thioether (sulfide) groups is 1. The van der Waals surface area contributed by atoms with Crippen molar-refractivity contribution in [1.29, 1.82) is 0 Å². The van der Waals surface area contributed by atoms with Crippen molar-refractivity contribution in [3.8, 4) is 33.3 Å². The molecule has 0 saturated heterocycles. The number of anilines is 1. The molecule has 9 nitrogen and oxygen atoms in total. The maximum Gasteiger partial charge on any atom is 0.341 e. The van der Waals surface area contributed by atoms with Gasteiger partial charge in [-0.05, 0) is 61.4 Å². The van der Waals surface area contributed by atoms with Crippen molar-refractivity contribution in [2.45, 2.75) is 24.3 Å². The maximum absolute atomic E-state index is 14.4. The Morgan fingerprint density at radius 2 is 1.60 bits per heavy atom. The summed E-state index contributed by atoms with van der Waals surface area (Å²) in [5.41, 5.74) is 4.67. The van der Waals surface area contributed by atoms with Crippen LogP contribution in [0, 0.1) is 0 Å². The van der Waals surface area contributed by atoms with Crippen LogP contribution in [0.4, 0.5) is 5.00 Å². The number of aromatic nitrogens is 4. The molecule has 0 aliphatic rings. The molecule has 3 heterocycles. The fraction of sp³-hybridized carbons (Fsp3) is 0.128. The monoisotopic (exact) mass is 699 g/mol. The number of carbonyl (C=O) groups excluding carboxylic acids is 2. The molecule has 4 aromatic carbocycles. The Labute approximate surface area is 297 Å². The van der Waals surface area contributed by atoms with E-state index in [0.717, 1.165) is 43.9 Å². The summed E-state index contributed by atoms with van der Waals surface area (Å²) in [6, 6.07) is 36.8. The zero-order valence-electron chi connectivity index (χ0n) is 27.3. The van der Waals surface area contributed by atoms with Gasteiger partial charge in [0.15, 0.2) is 11.0 Å². The van der Waals surface area contributed by atoms with Gasteiger partial charge in [-0.1, -0.05) is 90.6 Å². The largest absolute Gasteiger partial charge is 0.494 e. The van der Waals surface area contributed by atoms with Gasteiger partial charge in [-0.25, -0.2) is 4.79 Å². The number of benzene rings is 4. The SMILES string of the molecule is CCOC(=O)c1cc(-c2ccccc2)sc1NC(=O)C(Sc1nnc(-c2c[nH]c3ccccc23)n1-c1ccc(OCC)cc1)c1ccccc1. The molecule has 0 radical (unpaired) electrons. The van der Waals surface area contributed by atoms with E-state index in [4.69, 9.17) is 9.47 Å². The Balaban J connectivity index is 1.30. The van der Waals surface area contributed by atoms with Gasteiger partial charge in [0, 0.05) is 27.5 Å². The summed E-state index contributed by atoms with van der Waals surface area (Å²) in [7, 11) is 0. The Morgan fingerprint density at radius 1 is 0.880 bits per heavy atom. The molecule has 1 amide bonds. The first kappa shape index (κ1) is 32.9. The van der Waals surface area contributed by atoms with Gasteiger partial charge in [-0.3, -0.25) is 9.36 Å². The summed E-state index contributed by atoms with van der Waals surface area (Å²) in [4.78, 5) is 31.7. The number of para-hydroxylation sites is 1. The van der Waals surface area contributed by atoms with Crippen LogP contribution in [0.3, 0.4) is 0 Å². The number of nitrogens with one attached hydrogen (secondary N) is 2. The molecule has 11 heteroatoms. The van der Waals surface area contributed by atoms with Crippen LogP contribution in [-0.2, 0) is 9.53 Å². The number of H-pyrrole nitrogens is 1. The normalized spacial score (nSPS) is 11.7. The summed E-state index contributed by atoms with van der Waals surface area (Å²) >= 11 is 2.61. The number of carbonyl (C=O) groups is 2. The van der Waals surface area contributed by atoms with E-state index in [-0.39, 0.29) is 12.5 Å². The summed E-state index contributed by atoms with van der Waals surface area (Å²) < 4.78 is 13.1. The summed E-state index contributed by atoms with van der Waals surface area (Å²) in [6.07, 6.45) is 1.92. The van der Waals surface area contributed by atoms with E-state index in [1.165, 1.54) is 23.1 Å². The Morgan fingerprint density at radius 3 is 2.34 bits per heavy atom. The highest BCUT2D eigenvalue weighted by Crippen LogP contribution is 2.41. The molecule has 50 heavy (non-hydrogen) atoms. The lowest BCUT2D eigenvalue weighted by Crippen LogP contribution is -2.20. The van der Waals surface area contributed by atoms with Crippen LogP contribution in [-0.4, -0.2) is 44.8 Å². The quantitative estimate of drug-likeness (QED) is 0.0967. The number of aromatic amines is 1. The molecule has 2 N–H and O–H groups in total. The highest BCUT2D eigenvalue weighted by Gasteiger charge is 2.29. The van der Waals surface area contributed by atoms with Crippen LogP contribution >= 0.6 is 23.1 Å². The standard InChI is InChI=1S/C39H33N5O4S2/c1-3-47-28-21-19-27(20-22-28)44-35(31-24-40-32-18-12-11-17-29(31)32)42-43-39(44)50-34(26-15-9-6-10-16-26)36(45)41-37-30(38(46)48-4-2)23-33(49-37)25-13-7-5-8-14-25/h5-24,34,40H,3-4H2,1-2H3,(H,41,45). The van der Waals surface area contributed by atoms with E-state index in [1.807, 2.05) is 127 Å². The third-order valence-electron chi connectivity index (χ3n) is 7.96. The maximum atomic E-state index is 14.4. The molecule has 0 aliphatic heterocycles. The predicted molar refractivity (Wildman–Crippen MR) is 199 cm³/mol. The Kier molecular flexibility index (Phi) is 9.77. The molecular formula is C39H33N5O4S2. The van der Waals surface area contributed by atoms with E-state index in [9.17, 15) is 9.59 Å². The number of fused-ring (bicyclic) bond motifs is 1. The van der Waals surface area contributed by atoms with Gasteiger partial charge in [-0.2, -0.15) is 0 Å². The first-order valence-electron chi connectivity index (χ1n) is 16.2. The van der Waals surface area contributed by atoms with Crippen LogP contribution in [0.2, 0.25) is 0 Å². The second kappa shape index (κ2) is 14.9. The second-order valence-electron chi connectivity index (χ2n) is 11.2. The van der Waals surface area contributed by atoms with Gasteiger partial charge in [0.1, 0.15) is 16.0 Å². The van der Waals surface area contributed by atoms with E-state index in [2.05, 4.69) is 20.5 Å². The number of amides is 1. The molecule has 1 unspecified atom stereocenters. The minimum Gasteiger partial charge on any atom is -0.494 e. The fourth-order valence-electron chi connectivity index (χ4n) is 5.64. The zero-order chi connectivity index (χ0) is 34.5. The van der Waals surface area contributed by atoms with Gasteiger partial charge >= 0.3 is 5.97 Å². The summed E-state index contributed by atoms with van der Waals surface area (Å²) in [5.74, 6) is 0.556. The number of hydrogen-bond donors (Lipinski definition) is 2. The minimum absolute atomic E-state index is 0.213. The van der Waals surface area contributed by atoms with Crippen LogP contribution in [0.15, 0.2) is 127 Å². The fourth-order valence-corrected chi connectivity index (χ4v) is 7.75. The number of rotatable bonds is 12. The topological polar surface area (TPSA) is 111 Å². The van der Waals surface area contributed by atoms with Gasteiger partial charge < -0.3 is 19.8 Å². The molecule has 0 bridgehead atoms. The van der Waals surface area contributed by atoms with Crippen LogP contribution < -0.4 is 10.1 Å². The molecule has 7 aromatic rings. The third-order valence-corrected chi connectivity index (χ3v) is 10.3. The number of hydrogen-bond acceptors (Lipinski definition) is 8. The highest BCUT2D eigenvalue weighted by atomic mass is 32.2. The molecule has 7 rings (SSSR count). The minimum atomic E-state index is -0.755. The van der Waals surface area contributed by atoms with Gasteiger partial charge in [-0.15, -0.1) is 21.5 Å². The van der Waals surface area contributed by atoms with Crippen LogP contribution in [0.25, 0.3) is 38.4 Å². The average Bonchev–Trinajstić information content (AvgIpc) is 3.89. The molecule has 3 aromatic heterocycles.